The summed E-state index contributed by atoms with van der Waals surface area (Å²) < 4.78 is 0. The number of hydrazine groups is 1. The van der Waals surface area contributed by atoms with Crippen LogP contribution in [0.1, 0.15) is 0 Å². The van der Waals surface area contributed by atoms with Crippen LogP contribution in [0, 0.1) is 17.8 Å². The van der Waals surface area contributed by atoms with Crippen molar-refractivity contribution < 1.29 is 0 Å². The highest BCUT2D eigenvalue weighted by molar-refractivity contribution is 6.39. The third-order valence-corrected chi connectivity index (χ3v) is 2.10. The maximum atomic E-state index is 5.77. The quantitative estimate of drug-likeness (QED) is 0.432. The molecule has 0 spiro atoms. The Kier molecular flexibility index (Phi) is 1.89. The van der Waals surface area contributed by atoms with E-state index in [1.54, 1.807) is 11.2 Å². The van der Waals surface area contributed by atoms with Crippen LogP contribution < -0.4 is 5.84 Å². The van der Waals surface area contributed by atoms with Crippen LogP contribution in [-0.4, -0.2) is 23.9 Å². The maximum Gasteiger partial charge on any atom is 0.133 e. The number of nitrogens with zero attached hydrogens (tertiary/aromatic N) is 2. The number of allylic oxidation sites excluding steroid dienone is 1. The highest BCUT2D eigenvalue weighted by atomic mass is 35.5. The van der Waals surface area contributed by atoms with E-state index >= 15 is 0 Å². The highest BCUT2D eigenvalue weighted by Crippen LogP contribution is 2.20. The molecule has 2 heterocycles. The fraction of sp³-hybridized carbons (Fsp3) is 0.375. The average Bonchev–Trinajstić information content (AvgIpc) is 2.04. The molecule has 4 heteroatoms. The molecule has 2 aliphatic heterocycles. The Morgan fingerprint density at radius 3 is 3.42 bits per heavy atom. The van der Waals surface area contributed by atoms with E-state index < -0.39 is 0 Å². The van der Waals surface area contributed by atoms with E-state index in [9.17, 15) is 0 Å². The first-order chi connectivity index (χ1) is 5.77. The van der Waals surface area contributed by atoms with Gasteiger partial charge in [0.15, 0.2) is 0 Å². The third-order valence-electron chi connectivity index (χ3n) is 1.88. The molecule has 0 aromatic rings. The number of aliphatic imine (C=N–C) groups is 1. The Morgan fingerprint density at radius 1 is 1.75 bits per heavy atom. The van der Waals surface area contributed by atoms with E-state index in [-0.39, 0.29) is 12.1 Å². The fourth-order valence-electron chi connectivity index (χ4n) is 1.30. The Morgan fingerprint density at radius 2 is 2.58 bits per heavy atom. The zero-order valence-electron chi connectivity index (χ0n) is 6.37. The average molecular weight is 182 g/mol. The second kappa shape index (κ2) is 2.91. The number of nitrogens with two attached hydrogens (primary N) is 1. The molecule has 2 atom stereocenters. The summed E-state index contributed by atoms with van der Waals surface area (Å²) in [6.45, 7) is 0.573. The van der Waals surface area contributed by atoms with Gasteiger partial charge in [-0.3, -0.25) is 10.8 Å². The summed E-state index contributed by atoms with van der Waals surface area (Å²) in [5.74, 6) is 11.7. The molecule has 62 valence electrons. The Labute approximate surface area is 75.9 Å². The molecule has 0 bridgehead atoms. The standard InChI is InChI=1S/C8H8ClN3/c9-7-4-6-2-1-3-12(10)8(6)11-5-7/h4-6,8H,3,10H2. The number of hydrogen-bond acceptors (Lipinski definition) is 3. The van der Waals surface area contributed by atoms with Crippen LogP contribution in [0.15, 0.2) is 16.1 Å². The molecule has 0 aromatic carbocycles. The van der Waals surface area contributed by atoms with Crippen LogP contribution in [0.5, 0.6) is 0 Å². The van der Waals surface area contributed by atoms with Crippen molar-refractivity contribution >= 4 is 17.8 Å². The minimum Gasteiger partial charge on any atom is -0.270 e. The second-order valence-corrected chi connectivity index (χ2v) is 3.20. The Bertz CT molecular complexity index is 310. The molecule has 2 unspecified atom stereocenters. The summed E-state index contributed by atoms with van der Waals surface area (Å²) in [4.78, 5) is 4.19. The molecule has 3 nitrogen and oxygen atoms in total. The lowest BCUT2D eigenvalue weighted by atomic mass is 10.0. The van der Waals surface area contributed by atoms with Crippen LogP contribution in [0.2, 0.25) is 0 Å². The molecule has 2 rings (SSSR count). The van der Waals surface area contributed by atoms with E-state index in [0.717, 1.165) is 0 Å². The lowest BCUT2D eigenvalue weighted by Gasteiger charge is -2.29. The largest absolute Gasteiger partial charge is 0.270 e. The van der Waals surface area contributed by atoms with Crippen molar-refractivity contribution in [1.82, 2.24) is 5.01 Å². The van der Waals surface area contributed by atoms with Crippen molar-refractivity contribution in [2.75, 3.05) is 6.54 Å². The van der Waals surface area contributed by atoms with Gasteiger partial charge in [-0.25, -0.2) is 5.01 Å². The number of rotatable bonds is 0. The monoisotopic (exact) mass is 181 g/mol. The lowest BCUT2D eigenvalue weighted by Crippen LogP contribution is -2.46. The molecule has 0 aliphatic carbocycles. The molecule has 0 amide bonds. The van der Waals surface area contributed by atoms with Crippen molar-refractivity contribution in [3.63, 3.8) is 0 Å². The summed E-state index contributed by atoms with van der Waals surface area (Å²) in [5, 5.41) is 2.26. The minimum atomic E-state index is -0.0475. The van der Waals surface area contributed by atoms with E-state index in [1.807, 2.05) is 6.08 Å². The third kappa shape index (κ3) is 1.25. The summed E-state index contributed by atoms with van der Waals surface area (Å²) in [5.41, 5.74) is 0. The molecule has 0 radical (unpaired) electrons. The van der Waals surface area contributed by atoms with Gasteiger partial charge in [0.25, 0.3) is 0 Å². The van der Waals surface area contributed by atoms with Crippen LogP contribution >= 0.6 is 11.6 Å². The van der Waals surface area contributed by atoms with Crippen LogP contribution in [0.3, 0.4) is 0 Å². The minimum absolute atomic E-state index is 0.0475. The van der Waals surface area contributed by atoms with Gasteiger partial charge in [0.2, 0.25) is 0 Å². The molecule has 0 fully saturated rings. The zero-order chi connectivity index (χ0) is 8.55. The predicted octanol–water partition coefficient (Wildman–Crippen LogP) is 0.329. The fourth-order valence-corrected chi connectivity index (χ4v) is 1.49. The number of dihydropyridines is 1. The highest BCUT2D eigenvalue weighted by Gasteiger charge is 2.26. The zero-order valence-corrected chi connectivity index (χ0v) is 7.12. The molecule has 2 aliphatic rings. The van der Waals surface area contributed by atoms with Crippen molar-refractivity contribution in [1.29, 1.82) is 0 Å². The number of halogens is 1. The van der Waals surface area contributed by atoms with Crippen molar-refractivity contribution in [2.45, 2.75) is 6.17 Å². The Hall–Kier alpha value is -0.820. The first-order valence-corrected chi connectivity index (χ1v) is 4.05. The van der Waals surface area contributed by atoms with Gasteiger partial charge < -0.3 is 0 Å². The van der Waals surface area contributed by atoms with Gasteiger partial charge >= 0.3 is 0 Å². The smallest absolute Gasteiger partial charge is 0.133 e. The molecule has 0 saturated heterocycles. The van der Waals surface area contributed by atoms with E-state index in [1.165, 1.54) is 0 Å². The first-order valence-electron chi connectivity index (χ1n) is 3.67. The van der Waals surface area contributed by atoms with Gasteiger partial charge in [-0.05, 0) is 6.08 Å². The summed E-state index contributed by atoms with van der Waals surface area (Å²) in [7, 11) is 0. The van der Waals surface area contributed by atoms with Gasteiger partial charge in [-0.2, -0.15) is 0 Å². The van der Waals surface area contributed by atoms with Crippen LogP contribution in [-0.2, 0) is 0 Å². The van der Waals surface area contributed by atoms with E-state index in [0.29, 0.717) is 11.6 Å². The van der Waals surface area contributed by atoms with Gasteiger partial charge in [-0.15, -0.1) is 0 Å². The second-order valence-electron chi connectivity index (χ2n) is 2.76. The molecular formula is C8H8ClN3. The molecule has 0 aromatic heterocycles. The van der Waals surface area contributed by atoms with Crippen LogP contribution in [0.25, 0.3) is 0 Å². The molecule has 2 N–H and O–H groups in total. The molecule has 12 heavy (non-hydrogen) atoms. The normalized spacial score (nSPS) is 33.3. The SMILES string of the molecule is NN1CC#CC2C=C(Cl)C=NC21. The summed E-state index contributed by atoms with van der Waals surface area (Å²) in [6, 6.07) is 0. The van der Waals surface area contributed by atoms with Gasteiger partial charge in [-0.1, -0.05) is 23.4 Å². The Balaban J connectivity index is 2.30. The van der Waals surface area contributed by atoms with Gasteiger partial charge in [0.05, 0.1) is 17.5 Å². The lowest BCUT2D eigenvalue weighted by molar-refractivity contribution is 0.203. The van der Waals surface area contributed by atoms with Crippen molar-refractivity contribution in [3.05, 3.63) is 11.1 Å². The van der Waals surface area contributed by atoms with Crippen molar-refractivity contribution in [2.24, 2.45) is 16.8 Å². The van der Waals surface area contributed by atoms with Crippen LogP contribution in [0.4, 0.5) is 0 Å². The summed E-state index contributed by atoms with van der Waals surface area (Å²) in [6.07, 6.45) is 3.45. The maximum absolute atomic E-state index is 5.77. The molecule has 0 saturated carbocycles. The summed E-state index contributed by atoms with van der Waals surface area (Å²) >= 11 is 5.77. The number of fused-ring (bicyclic) bond motifs is 1. The van der Waals surface area contributed by atoms with Crippen molar-refractivity contribution in [3.8, 4) is 11.8 Å². The van der Waals surface area contributed by atoms with Gasteiger partial charge in [0, 0.05) is 6.21 Å². The number of hydrogen-bond donors (Lipinski definition) is 1. The van der Waals surface area contributed by atoms with Gasteiger partial charge in [0.1, 0.15) is 6.17 Å². The van der Waals surface area contributed by atoms with E-state index in [2.05, 4.69) is 16.8 Å². The topological polar surface area (TPSA) is 41.6 Å². The van der Waals surface area contributed by atoms with E-state index in [4.69, 9.17) is 17.4 Å². The molecular weight excluding hydrogens is 174 g/mol. The predicted molar refractivity (Wildman–Crippen MR) is 48.4 cm³/mol. The first kappa shape index (κ1) is 7.81.